The van der Waals surface area contributed by atoms with Crippen LogP contribution in [-0.2, 0) is 19.1 Å². The second-order valence-corrected chi connectivity index (χ2v) is 10.3. The Labute approximate surface area is 211 Å². The topological polar surface area (TPSA) is 93.1 Å². The molecule has 0 radical (unpaired) electrons. The predicted octanol–water partition coefficient (Wildman–Crippen LogP) is 6.56. The zero-order valence-corrected chi connectivity index (χ0v) is 23.5. The first kappa shape index (κ1) is 28.3. The fourth-order valence-corrected chi connectivity index (χ4v) is 6.92. The molecule has 0 aliphatic heterocycles. The van der Waals surface area contributed by atoms with E-state index in [-0.39, 0.29) is 35.0 Å². The molecule has 2 atom stereocenters. The molecule has 6 nitrogen and oxygen atoms in total. The third-order valence-corrected chi connectivity index (χ3v) is 10.6. The van der Waals surface area contributed by atoms with Crippen LogP contribution in [-0.4, -0.2) is 48.6 Å². The van der Waals surface area contributed by atoms with Gasteiger partial charge in [-0.15, -0.1) is 0 Å². The molecule has 0 heterocycles. The summed E-state index contributed by atoms with van der Waals surface area (Å²) in [4.78, 5) is 25.5. The highest BCUT2D eigenvalue weighted by Crippen LogP contribution is 2.64. The summed E-state index contributed by atoms with van der Waals surface area (Å²) in [7, 11) is 0. The standard InChI is InChI=1S/C20H28Br4O6/c1-3-5-9-29-11-7-19(17(25)26)15(23)13(21)14(22)16(24)20(19,18(27)28)8-12-30-10-6-4-2/h3-12H2,1-2H3,(H,25,26)(H,27,28). The van der Waals surface area contributed by atoms with Gasteiger partial charge >= 0.3 is 11.9 Å². The molecule has 1 rings (SSSR count). The first-order chi connectivity index (χ1) is 14.1. The van der Waals surface area contributed by atoms with E-state index in [0.717, 1.165) is 25.7 Å². The molecule has 0 saturated heterocycles. The van der Waals surface area contributed by atoms with Gasteiger partial charge in [0.2, 0.25) is 0 Å². The van der Waals surface area contributed by atoms with Gasteiger partial charge in [0.15, 0.2) is 0 Å². The van der Waals surface area contributed by atoms with Gasteiger partial charge in [0, 0.05) is 44.4 Å². The molecule has 0 bridgehead atoms. The van der Waals surface area contributed by atoms with Crippen LogP contribution in [0.1, 0.15) is 52.4 Å². The molecule has 0 aromatic heterocycles. The van der Waals surface area contributed by atoms with E-state index in [4.69, 9.17) is 9.47 Å². The van der Waals surface area contributed by atoms with Gasteiger partial charge in [-0.25, -0.2) is 0 Å². The number of allylic oxidation sites excluding steroid dienone is 2. The minimum atomic E-state index is -1.78. The first-order valence-corrected chi connectivity index (χ1v) is 13.1. The molecule has 2 N–H and O–H groups in total. The van der Waals surface area contributed by atoms with Crippen LogP contribution in [0.4, 0.5) is 0 Å². The largest absolute Gasteiger partial charge is 0.481 e. The highest BCUT2D eigenvalue weighted by atomic mass is 79.9. The van der Waals surface area contributed by atoms with Crippen LogP contribution >= 0.6 is 63.7 Å². The molecular formula is C20H28Br4O6. The van der Waals surface area contributed by atoms with Crippen molar-refractivity contribution in [3.05, 3.63) is 17.9 Å². The van der Waals surface area contributed by atoms with Gasteiger partial charge in [-0.2, -0.15) is 0 Å². The Kier molecular flexibility index (Phi) is 12.3. The van der Waals surface area contributed by atoms with Gasteiger partial charge in [-0.3, -0.25) is 9.59 Å². The lowest BCUT2D eigenvalue weighted by molar-refractivity contribution is -0.169. The summed E-state index contributed by atoms with van der Waals surface area (Å²) < 4.78 is 12.7. The normalized spacial score (nSPS) is 24.5. The Morgan fingerprint density at radius 1 is 0.733 bits per heavy atom. The summed E-state index contributed by atoms with van der Waals surface area (Å²) in [5.41, 5.74) is -3.57. The van der Waals surface area contributed by atoms with E-state index in [2.05, 4.69) is 63.7 Å². The van der Waals surface area contributed by atoms with Gasteiger partial charge in [-0.05, 0) is 57.5 Å². The van der Waals surface area contributed by atoms with Crippen LogP contribution in [0.5, 0.6) is 0 Å². The van der Waals surface area contributed by atoms with Gasteiger partial charge in [0.1, 0.15) is 10.8 Å². The molecule has 30 heavy (non-hydrogen) atoms. The molecular weight excluding hydrogens is 656 g/mol. The molecule has 1 aliphatic rings. The van der Waals surface area contributed by atoms with Crippen molar-refractivity contribution >= 4 is 75.7 Å². The van der Waals surface area contributed by atoms with E-state index in [1.807, 2.05) is 13.8 Å². The molecule has 172 valence electrons. The van der Waals surface area contributed by atoms with E-state index in [1.165, 1.54) is 0 Å². The average Bonchev–Trinajstić information content (AvgIpc) is 2.70. The lowest BCUT2D eigenvalue weighted by atomic mass is 9.58. The molecule has 0 fully saturated rings. The van der Waals surface area contributed by atoms with E-state index < -0.39 is 22.8 Å². The molecule has 0 spiro atoms. The van der Waals surface area contributed by atoms with Crippen LogP contribution in [0, 0.1) is 10.8 Å². The molecule has 0 saturated carbocycles. The zero-order chi connectivity index (χ0) is 22.9. The van der Waals surface area contributed by atoms with Crippen molar-refractivity contribution in [2.75, 3.05) is 26.4 Å². The minimum Gasteiger partial charge on any atom is -0.481 e. The summed E-state index contributed by atoms with van der Waals surface area (Å²) in [6, 6.07) is 0. The summed E-state index contributed by atoms with van der Waals surface area (Å²) in [6.07, 6.45) is 3.58. The van der Waals surface area contributed by atoms with E-state index >= 15 is 0 Å². The van der Waals surface area contributed by atoms with Crippen molar-refractivity contribution in [3.63, 3.8) is 0 Å². The maximum absolute atomic E-state index is 12.8. The van der Waals surface area contributed by atoms with Crippen LogP contribution < -0.4 is 0 Å². The zero-order valence-electron chi connectivity index (χ0n) is 17.1. The smallest absolute Gasteiger partial charge is 0.316 e. The SMILES string of the molecule is CCCCOCCC1(C(=O)O)C(Br)=C(Br)C(Br)=C(Br)C1(CCOCCCC)C(=O)O. The molecule has 1 aliphatic carbocycles. The number of ether oxygens (including phenoxy) is 2. The maximum Gasteiger partial charge on any atom is 0.316 e. The summed E-state index contributed by atoms with van der Waals surface area (Å²) in [5, 5.41) is 20.8. The Morgan fingerprint density at radius 2 is 1.07 bits per heavy atom. The number of carboxylic acid groups (broad SMARTS) is 2. The maximum atomic E-state index is 12.8. The van der Waals surface area contributed by atoms with Crippen molar-refractivity contribution in [1.29, 1.82) is 0 Å². The quantitative estimate of drug-likeness (QED) is 0.202. The van der Waals surface area contributed by atoms with Gasteiger partial charge in [-0.1, -0.05) is 58.5 Å². The van der Waals surface area contributed by atoms with E-state index in [0.29, 0.717) is 22.2 Å². The Bertz CT molecular complexity index is 635. The van der Waals surface area contributed by atoms with Crippen molar-refractivity contribution in [3.8, 4) is 0 Å². The summed E-state index contributed by atoms with van der Waals surface area (Å²) in [5.74, 6) is -2.48. The van der Waals surface area contributed by atoms with E-state index in [9.17, 15) is 19.8 Å². The monoisotopic (exact) mass is 680 g/mol. The van der Waals surface area contributed by atoms with Crippen LogP contribution in [0.3, 0.4) is 0 Å². The summed E-state index contributed by atoms with van der Waals surface area (Å²) in [6.45, 7) is 5.29. The average molecular weight is 684 g/mol. The fourth-order valence-electron chi connectivity index (χ4n) is 3.50. The minimum absolute atomic E-state index is 0.0155. The number of unbranched alkanes of at least 4 members (excludes halogenated alkanes) is 2. The summed E-state index contributed by atoms with van der Waals surface area (Å²) >= 11 is 13.6. The third-order valence-electron chi connectivity index (χ3n) is 5.31. The molecule has 0 aromatic rings. The lowest BCUT2D eigenvalue weighted by Crippen LogP contribution is -2.56. The third kappa shape index (κ3) is 5.60. The highest BCUT2D eigenvalue weighted by molar-refractivity contribution is 9.17. The second-order valence-electron chi connectivity index (χ2n) is 7.11. The Morgan fingerprint density at radius 3 is 1.33 bits per heavy atom. The number of hydrogen-bond acceptors (Lipinski definition) is 4. The number of hydrogen-bond donors (Lipinski definition) is 2. The number of aliphatic carboxylic acids is 2. The van der Waals surface area contributed by atoms with Crippen molar-refractivity contribution in [1.82, 2.24) is 0 Å². The van der Waals surface area contributed by atoms with Crippen molar-refractivity contribution in [2.45, 2.75) is 52.4 Å². The first-order valence-electron chi connectivity index (χ1n) is 9.89. The lowest BCUT2D eigenvalue weighted by Gasteiger charge is -2.48. The molecule has 10 heteroatoms. The Hall–Kier alpha value is 0.260. The number of halogens is 4. The van der Waals surface area contributed by atoms with Gasteiger partial charge in [0.05, 0.1) is 0 Å². The van der Waals surface area contributed by atoms with E-state index in [1.54, 1.807) is 0 Å². The Balaban J connectivity index is 3.46. The van der Waals surface area contributed by atoms with Crippen molar-refractivity contribution < 1.29 is 29.3 Å². The number of rotatable bonds is 14. The number of carboxylic acids is 2. The second kappa shape index (κ2) is 13.1. The molecule has 2 unspecified atom stereocenters. The van der Waals surface area contributed by atoms with Gasteiger partial charge in [0.25, 0.3) is 0 Å². The van der Waals surface area contributed by atoms with Crippen LogP contribution in [0.2, 0.25) is 0 Å². The molecule has 0 amide bonds. The predicted molar refractivity (Wildman–Crippen MR) is 131 cm³/mol. The fraction of sp³-hybridized carbons (Fsp3) is 0.700. The van der Waals surface area contributed by atoms with Crippen LogP contribution in [0.15, 0.2) is 17.9 Å². The van der Waals surface area contributed by atoms with Gasteiger partial charge < -0.3 is 19.7 Å². The van der Waals surface area contributed by atoms with Crippen LogP contribution in [0.25, 0.3) is 0 Å². The highest BCUT2D eigenvalue weighted by Gasteiger charge is 2.67. The van der Waals surface area contributed by atoms with Crippen molar-refractivity contribution in [2.24, 2.45) is 10.8 Å². The number of carbonyl (C=O) groups is 2. The molecule has 0 aromatic carbocycles.